The number of anilines is 2. The summed E-state index contributed by atoms with van der Waals surface area (Å²) in [5, 5.41) is 3.94. The lowest BCUT2D eigenvalue weighted by Crippen LogP contribution is -2.31. The largest absolute Gasteiger partial charge is 0.356 e. The van der Waals surface area contributed by atoms with Crippen molar-refractivity contribution in [3.8, 4) is 0 Å². The number of nitrogens with zero attached hydrogens (tertiary/aromatic N) is 2. The Labute approximate surface area is 153 Å². The minimum absolute atomic E-state index is 0.0782. The Bertz CT molecular complexity index is 931. The van der Waals surface area contributed by atoms with Crippen LogP contribution in [0.5, 0.6) is 0 Å². The highest BCUT2D eigenvalue weighted by Crippen LogP contribution is 2.30. The third kappa shape index (κ3) is 3.15. The number of carbonyl (C=O) groups excluding carboxylic acids is 1. The fourth-order valence-corrected chi connectivity index (χ4v) is 3.72. The maximum Gasteiger partial charge on any atom is 0.256 e. The predicted molar refractivity (Wildman–Crippen MR) is 107 cm³/mol. The molecule has 2 aromatic carbocycles. The second kappa shape index (κ2) is 7.16. The van der Waals surface area contributed by atoms with Gasteiger partial charge in [0.1, 0.15) is 5.82 Å². The van der Waals surface area contributed by atoms with Crippen molar-refractivity contribution in [3.63, 3.8) is 0 Å². The number of piperidine rings is 1. The zero-order valence-electron chi connectivity index (χ0n) is 15.0. The second-order valence-corrected chi connectivity index (χ2v) is 6.82. The van der Waals surface area contributed by atoms with Crippen molar-refractivity contribution < 1.29 is 4.79 Å². The van der Waals surface area contributed by atoms with Crippen LogP contribution in [-0.2, 0) is 0 Å². The van der Waals surface area contributed by atoms with Crippen LogP contribution in [0.1, 0.15) is 35.2 Å². The first-order chi connectivity index (χ1) is 12.7. The summed E-state index contributed by atoms with van der Waals surface area (Å²) in [5.41, 5.74) is 3.35. The number of fused-ring (bicyclic) bond motifs is 1. The number of rotatable bonds is 3. The molecule has 0 atom stereocenters. The van der Waals surface area contributed by atoms with Crippen LogP contribution in [-0.4, -0.2) is 24.0 Å². The van der Waals surface area contributed by atoms with Crippen LogP contribution < -0.4 is 10.2 Å². The molecule has 0 aliphatic carbocycles. The first-order valence-electron chi connectivity index (χ1n) is 9.25. The van der Waals surface area contributed by atoms with E-state index < -0.39 is 0 Å². The zero-order chi connectivity index (χ0) is 17.9. The van der Waals surface area contributed by atoms with Crippen molar-refractivity contribution in [2.75, 3.05) is 23.3 Å². The van der Waals surface area contributed by atoms with Gasteiger partial charge in [0.05, 0.1) is 11.1 Å². The Balaban J connectivity index is 1.81. The molecule has 4 heteroatoms. The molecule has 26 heavy (non-hydrogen) atoms. The minimum atomic E-state index is -0.0782. The number of para-hydroxylation sites is 2. The molecule has 4 rings (SSSR count). The molecule has 3 aromatic rings. The Morgan fingerprint density at radius 2 is 1.65 bits per heavy atom. The van der Waals surface area contributed by atoms with Gasteiger partial charge in [-0.1, -0.05) is 36.4 Å². The summed E-state index contributed by atoms with van der Waals surface area (Å²) < 4.78 is 0. The van der Waals surface area contributed by atoms with E-state index in [9.17, 15) is 4.79 Å². The van der Waals surface area contributed by atoms with Gasteiger partial charge in [-0.2, -0.15) is 0 Å². The standard InChI is InChI=1S/C22H23N3O/c1-16-20(22(26)23-17-10-4-2-5-11-17)18-12-6-7-13-19(18)24-21(16)25-14-8-3-9-15-25/h2,4-7,10-13H,3,8-9,14-15H2,1H3,(H,23,26). The van der Waals surface area contributed by atoms with Crippen molar-refractivity contribution in [2.45, 2.75) is 26.2 Å². The lowest BCUT2D eigenvalue weighted by molar-refractivity contribution is 0.102. The summed E-state index contributed by atoms with van der Waals surface area (Å²) in [6.45, 7) is 4.03. The summed E-state index contributed by atoms with van der Waals surface area (Å²) in [7, 11) is 0. The molecular weight excluding hydrogens is 322 g/mol. The van der Waals surface area contributed by atoms with Crippen LogP contribution in [0.4, 0.5) is 11.5 Å². The van der Waals surface area contributed by atoms with E-state index in [0.29, 0.717) is 0 Å². The minimum Gasteiger partial charge on any atom is -0.356 e. The molecule has 0 unspecified atom stereocenters. The molecule has 0 saturated carbocycles. The summed E-state index contributed by atoms with van der Waals surface area (Å²) >= 11 is 0. The molecule has 132 valence electrons. The maximum absolute atomic E-state index is 13.1. The van der Waals surface area contributed by atoms with E-state index >= 15 is 0 Å². The Morgan fingerprint density at radius 1 is 0.962 bits per heavy atom. The third-order valence-electron chi connectivity index (χ3n) is 5.02. The van der Waals surface area contributed by atoms with Crippen molar-refractivity contribution >= 4 is 28.3 Å². The SMILES string of the molecule is Cc1c(N2CCCCC2)nc2ccccc2c1C(=O)Nc1ccccc1. The van der Waals surface area contributed by atoms with Crippen LogP contribution in [0.2, 0.25) is 0 Å². The highest BCUT2D eigenvalue weighted by Gasteiger charge is 2.22. The van der Waals surface area contributed by atoms with E-state index in [1.54, 1.807) is 0 Å². The molecule has 0 bridgehead atoms. The number of pyridine rings is 1. The van der Waals surface area contributed by atoms with E-state index in [2.05, 4.69) is 10.2 Å². The van der Waals surface area contributed by atoms with Crippen molar-refractivity contribution in [1.29, 1.82) is 0 Å². The van der Waals surface area contributed by atoms with Gasteiger partial charge in [-0.3, -0.25) is 4.79 Å². The van der Waals surface area contributed by atoms with Gasteiger partial charge in [0, 0.05) is 29.7 Å². The maximum atomic E-state index is 13.1. The first-order valence-corrected chi connectivity index (χ1v) is 9.25. The molecule has 1 aliphatic heterocycles. The van der Waals surface area contributed by atoms with Gasteiger partial charge in [0.15, 0.2) is 0 Å². The van der Waals surface area contributed by atoms with Crippen LogP contribution in [0.25, 0.3) is 10.9 Å². The Hall–Kier alpha value is -2.88. The number of benzene rings is 2. The number of carbonyl (C=O) groups is 1. The van der Waals surface area contributed by atoms with Gasteiger partial charge in [-0.15, -0.1) is 0 Å². The molecule has 2 heterocycles. The summed E-state index contributed by atoms with van der Waals surface area (Å²) in [6, 6.07) is 17.5. The summed E-state index contributed by atoms with van der Waals surface area (Å²) in [5.74, 6) is 0.868. The van der Waals surface area contributed by atoms with Crippen molar-refractivity contribution in [3.05, 3.63) is 65.7 Å². The molecule has 1 amide bonds. The lowest BCUT2D eigenvalue weighted by atomic mass is 10.0. The van der Waals surface area contributed by atoms with Gasteiger partial charge in [0.25, 0.3) is 5.91 Å². The highest BCUT2D eigenvalue weighted by molar-refractivity contribution is 6.14. The predicted octanol–water partition coefficient (Wildman–Crippen LogP) is 4.79. The van der Waals surface area contributed by atoms with E-state index in [1.165, 1.54) is 19.3 Å². The van der Waals surface area contributed by atoms with Crippen LogP contribution in [0, 0.1) is 6.92 Å². The average molecular weight is 345 g/mol. The molecule has 1 aromatic heterocycles. The normalized spacial score (nSPS) is 14.4. The van der Waals surface area contributed by atoms with Crippen LogP contribution in [0.15, 0.2) is 54.6 Å². The smallest absolute Gasteiger partial charge is 0.256 e. The number of hydrogen-bond acceptors (Lipinski definition) is 3. The van der Waals surface area contributed by atoms with Gasteiger partial charge >= 0.3 is 0 Å². The van der Waals surface area contributed by atoms with E-state index in [-0.39, 0.29) is 5.91 Å². The number of nitrogens with one attached hydrogen (secondary N) is 1. The van der Waals surface area contributed by atoms with E-state index in [4.69, 9.17) is 4.98 Å². The summed E-state index contributed by atoms with van der Waals surface area (Å²) in [6.07, 6.45) is 3.63. The fraction of sp³-hybridized carbons (Fsp3) is 0.273. The third-order valence-corrected chi connectivity index (χ3v) is 5.02. The van der Waals surface area contributed by atoms with Crippen LogP contribution >= 0.6 is 0 Å². The molecule has 1 N–H and O–H groups in total. The van der Waals surface area contributed by atoms with E-state index in [1.807, 2.05) is 61.5 Å². The van der Waals surface area contributed by atoms with Crippen molar-refractivity contribution in [2.24, 2.45) is 0 Å². The van der Waals surface area contributed by atoms with Gasteiger partial charge < -0.3 is 10.2 Å². The topological polar surface area (TPSA) is 45.2 Å². The molecule has 0 spiro atoms. The van der Waals surface area contributed by atoms with Gasteiger partial charge in [-0.25, -0.2) is 4.98 Å². The van der Waals surface area contributed by atoms with Gasteiger partial charge in [-0.05, 0) is 44.4 Å². The number of aromatic nitrogens is 1. The molecule has 0 radical (unpaired) electrons. The number of amides is 1. The number of hydrogen-bond donors (Lipinski definition) is 1. The zero-order valence-corrected chi connectivity index (χ0v) is 15.0. The van der Waals surface area contributed by atoms with Crippen molar-refractivity contribution in [1.82, 2.24) is 4.98 Å². The lowest BCUT2D eigenvalue weighted by Gasteiger charge is -2.30. The first kappa shape index (κ1) is 16.6. The highest BCUT2D eigenvalue weighted by atomic mass is 16.1. The molecule has 1 fully saturated rings. The molecule has 1 saturated heterocycles. The Morgan fingerprint density at radius 3 is 2.42 bits per heavy atom. The van der Waals surface area contributed by atoms with Gasteiger partial charge in [0.2, 0.25) is 0 Å². The fourth-order valence-electron chi connectivity index (χ4n) is 3.72. The summed E-state index contributed by atoms with van der Waals surface area (Å²) in [4.78, 5) is 20.3. The quantitative estimate of drug-likeness (QED) is 0.742. The van der Waals surface area contributed by atoms with E-state index in [0.717, 1.165) is 46.6 Å². The molecule has 1 aliphatic rings. The van der Waals surface area contributed by atoms with Crippen LogP contribution in [0.3, 0.4) is 0 Å². The second-order valence-electron chi connectivity index (χ2n) is 6.82. The molecule has 4 nitrogen and oxygen atoms in total. The molecular formula is C22H23N3O. The average Bonchev–Trinajstić information content (AvgIpc) is 2.69. The Kier molecular flexibility index (Phi) is 4.57. The monoisotopic (exact) mass is 345 g/mol.